The Morgan fingerprint density at radius 3 is 2.59 bits per heavy atom. The Bertz CT molecular complexity index is 949. The molecule has 4 rings (SSSR count). The van der Waals surface area contributed by atoms with E-state index in [0.29, 0.717) is 6.61 Å². The average Bonchev–Trinajstić information content (AvgIpc) is 2.89. The first-order chi connectivity index (χ1) is 16.7. The van der Waals surface area contributed by atoms with Gasteiger partial charge >= 0.3 is 0 Å². The van der Waals surface area contributed by atoms with Crippen LogP contribution in [0.25, 0.3) is 0 Å². The molecule has 2 aromatic rings. The number of ether oxygens (including phenoxy) is 2. The zero-order valence-corrected chi connectivity index (χ0v) is 20.4. The largest absolute Gasteiger partial charge is 0.493 e. The van der Waals surface area contributed by atoms with E-state index in [1.807, 2.05) is 24.3 Å². The maximum atomic E-state index is 12.6. The van der Waals surface area contributed by atoms with Crippen LogP contribution in [0.2, 0.25) is 0 Å². The molecule has 0 saturated carbocycles. The summed E-state index contributed by atoms with van der Waals surface area (Å²) in [5, 5.41) is 3.18. The summed E-state index contributed by atoms with van der Waals surface area (Å²) in [7, 11) is 1.68. The van der Waals surface area contributed by atoms with E-state index in [4.69, 9.17) is 9.47 Å². The Balaban J connectivity index is 1.21. The molecule has 0 unspecified atom stereocenters. The van der Waals surface area contributed by atoms with E-state index in [9.17, 15) is 4.79 Å². The molecule has 1 aliphatic carbocycles. The highest BCUT2D eigenvalue weighted by Crippen LogP contribution is 2.30. The molecule has 0 spiro atoms. The number of hydrogen-bond acceptors (Lipinski definition) is 4. The van der Waals surface area contributed by atoms with Crippen LogP contribution in [0.1, 0.15) is 56.1 Å². The van der Waals surface area contributed by atoms with Crippen LogP contribution < -0.4 is 14.8 Å². The van der Waals surface area contributed by atoms with Gasteiger partial charge in [-0.1, -0.05) is 48.0 Å². The summed E-state index contributed by atoms with van der Waals surface area (Å²) in [6.45, 7) is 4.04. The third kappa shape index (κ3) is 7.10. The fourth-order valence-corrected chi connectivity index (χ4v) is 4.90. The predicted octanol–water partition coefficient (Wildman–Crippen LogP) is 5.49. The summed E-state index contributed by atoms with van der Waals surface area (Å²) in [6, 6.07) is 16.3. The molecule has 2 aliphatic rings. The number of allylic oxidation sites excluding steroid dienone is 1. The smallest absolute Gasteiger partial charge is 0.223 e. The molecule has 34 heavy (non-hydrogen) atoms. The number of rotatable bonds is 10. The van der Waals surface area contributed by atoms with Gasteiger partial charge < -0.3 is 14.8 Å². The molecule has 1 aliphatic heterocycles. The lowest BCUT2D eigenvalue weighted by atomic mass is 9.95. The first-order valence-electron chi connectivity index (χ1n) is 12.7. The Morgan fingerprint density at radius 1 is 1.03 bits per heavy atom. The number of carbonyl (C=O) groups is 1. The molecule has 1 saturated heterocycles. The summed E-state index contributed by atoms with van der Waals surface area (Å²) < 4.78 is 11.6. The number of nitrogens with one attached hydrogen (secondary N) is 1. The quantitative estimate of drug-likeness (QED) is 0.474. The van der Waals surface area contributed by atoms with Crippen LogP contribution >= 0.6 is 0 Å². The van der Waals surface area contributed by atoms with Crippen molar-refractivity contribution in [3.8, 4) is 11.5 Å². The zero-order chi connectivity index (χ0) is 23.6. The number of likely N-dealkylation sites (tertiary alicyclic amines) is 1. The summed E-state index contributed by atoms with van der Waals surface area (Å²) in [4.78, 5) is 15.0. The minimum atomic E-state index is 0.139. The van der Waals surface area contributed by atoms with Gasteiger partial charge in [-0.3, -0.25) is 9.69 Å². The van der Waals surface area contributed by atoms with Crippen molar-refractivity contribution in [3.05, 3.63) is 71.3 Å². The maximum absolute atomic E-state index is 12.6. The predicted molar refractivity (Wildman–Crippen MR) is 136 cm³/mol. The molecule has 182 valence electrons. The van der Waals surface area contributed by atoms with Crippen LogP contribution in [0.5, 0.6) is 11.5 Å². The zero-order valence-electron chi connectivity index (χ0n) is 20.4. The van der Waals surface area contributed by atoms with E-state index in [2.05, 4.69) is 40.6 Å². The van der Waals surface area contributed by atoms with E-state index >= 15 is 0 Å². The Labute approximate surface area is 204 Å². The van der Waals surface area contributed by atoms with Gasteiger partial charge in [-0.25, -0.2) is 0 Å². The number of hydrogen-bond donors (Lipinski definition) is 1. The second kappa shape index (κ2) is 12.6. The molecule has 1 amide bonds. The fraction of sp³-hybridized carbons (Fsp3) is 0.483. The van der Waals surface area contributed by atoms with Crippen molar-refractivity contribution < 1.29 is 14.3 Å². The lowest BCUT2D eigenvalue weighted by Gasteiger charge is -2.31. The first kappa shape index (κ1) is 24.3. The third-order valence-corrected chi connectivity index (χ3v) is 6.96. The molecule has 0 aromatic heterocycles. The second-order valence-corrected chi connectivity index (χ2v) is 9.46. The van der Waals surface area contributed by atoms with Crippen LogP contribution in [-0.2, 0) is 17.9 Å². The topological polar surface area (TPSA) is 50.8 Å². The Kier molecular flexibility index (Phi) is 9.03. The SMILES string of the molecule is COc1cc(CN2CCC(C(=O)NCCC3=CCCCC3)CC2)ccc1OCc1ccccc1. The molecule has 1 fully saturated rings. The van der Waals surface area contributed by atoms with Crippen molar-refractivity contribution in [2.24, 2.45) is 5.92 Å². The van der Waals surface area contributed by atoms with E-state index in [1.165, 1.54) is 36.8 Å². The lowest BCUT2D eigenvalue weighted by Crippen LogP contribution is -2.40. The van der Waals surface area contributed by atoms with E-state index < -0.39 is 0 Å². The van der Waals surface area contributed by atoms with Crippen LogP contribution in [0.4, 0.5) is 0 Å². The molecule has 2 aromatic carbocycles. The highest BCUT2D eigenvalue weighted by atomic mass is 16.5. The maximum Gasteiger partial charge on any atom is 0.223 e. The second-order valence-electron chi connectivity index (χ2n) is 9.46. The number of carbonyl (C=O) groups excluding carboxylic acids is 1. The van der Waals surface area contributed by atoms with Gasteiger partial charge in [-0.05, 0) is 81.3 Å². The Hall–Kier alpha value is -2.79. The molecule has 1 N–H and O–H groups in total. The van der Waals surface area contributed by atoms with Crippen LogP contribution in [0.3, 0.4) is 0 Å². The Morgan fingerprint density at radius 2 is 1.85 bits per heavy atom. The van der Waals surface area contributed by atoms with Gasteiger partial charge in [0.2, 0.25) is 5.91 Å². The molecule has 0 radical (unpaired) electrons. The molecule has 5 nitrogen and oxygen atoms in total. The van der Waals surface area contributed by atoms with Crippen molar-refractivity contribution in [2.75, 3.05) is 26.7 Å². The summed E-state index contributed by atoms with van der Waals surface area (Å²) in [5.74, 6) is 1.89. The molecule has 1 heterocycles. The average molecular weight is 463 g/mol. The van der Waals surface area contributed by atoms with Crippen molar-refractivity contribution in [2.45, 2.75) is 58.1 Å². The minimum absolute atomic E-state index is 0.139. The van der Waals surface area contributed by atoms with Gasteiger partial charge in [-0.15, -0.1) is 0 Å². The molecule has 5 heteroatoms. The van der Waals surface area contributed by atoms with E-state index in [0.717, 1.165) is 62.5 Å². The minimum Gasteiger partial charge on any atom is -0.493 e. The molecular formula is C29H38N2O3. The van der Waals surface area contributed by atoms with Crippen LogP contribution in [-0.4, -0.2) is 37.6 Å². The van der Waals surface area contributed by atoms with Crippen LogP contribution in [0.15, 0.2) is 60.2 Å². The first-order valence-corrected chi connectivity index (χ1v) is 12.7. The van der Waals surface area contributed by atoms with Crippen molar-refractivity contribution in [1.82, 2.24) is 10.2 Å². The lowest BCUT2D eigenvalue weighted by molar-refractivity contribution is -0.126. The monoisotopic (exact) mass is 462 g/mol. The standard InChI is InChI=1S/C29H38N2O3/c1-33-28-20-25(12-13-27(28)34-22-24-10-6-3-7-11-24)21-31-18-15-26(16-19-31)29(32)30-17-14-23-8-4-2-5-9-23/h3,6-8,10-13,20,26H,2,4-5,9,14-19,21-22H2,1H3,(H,30,32). The summed E-state index contributed by atoms with van der Waals surface area (Å²) in [5.41, 5.74) is 3.85. The normalized spacial score (nSPS) is 17.1. The van der Waals surface area contributed by atoms with E-state index in [-0.39, 0.29) is 11.8 Å². The van der Waals surface area contributed by atoms with Crippen molar-refractivity contribution in [1.29, 1.82) is 0 Å². The van der Waals surface area contributed by atoms with Crippen molar-refractivity contribution >= 4 is 5.91 Å². The molecular weight excluding hydrogens is 424 g/mol. The van der Waals surface area contributed by atoms with Gasteiger partial charge in [0, 0.05) is 19.0 Å². The number of piperidine rings is 1. The summed E-state index contributed by atoms with van der Waals surface area (Å²) >= 11 is 0. The van der Waals surface area contributed by atoms with Gasteiger partial charge in [-0.2, -0.15) is 0 Å². The number of nitrogens with zero attached hydrogens (tertiary/aromatic N) is 1. The number of amides is 1. The molecule has 0 atom stereocenters. The number of methoxy groups -OCH3 is 1. The van der Waals surface area contributed by atoms with Crippen LogP contribution in [0, 0.1) is 5.92 Å². The van der Waals surface area contributed by atoms with Gasteiger partial charge in [0.25, 0.3) is 0 Å². The summed E-state index contributed by atoms with van der Waals surface area (Å²) in [6.07, 6.45) is 10.2. The van der Waals surface area contributed by atoms with E-state index in [1.54, 1.807) is 7.11 Å². The van der Waals surface area contributed by atoms with Gasteiger partial charge in [0.15, 0.2) is 11.5 Å². The molecule has 0 bridgehead atoms. The van der Waals surface area contributed by atoms with Gasteiger partial charge in [0.05, 0.1) is 7.11 Å². The number of benzene rings is 2. The van der Waals surface area contributed by atoms with Gasteiger partial charge in [0.1, 0.15) is 6.61 Å². The van der Waals surface area contributed by atoms with Crippen molar-refractivity contribution in [3.63, 3.8) is 0 Å². The highest BCUT2D eigenvalue weighted by Gasteiger charge is 2.25. The highest BCUT2D eigenvalue weighted by molar-refractivity contribution is 5.78. The third-order valence-electron chi connectivity index (χ3n) is 6.96. The fourth-order valence-electron chi connectivity index (χ4n) is 4.90.